The van der Waals surface area contributed by atoms with E-state index in [9.17, 15) is 9.59 Å². The Morgan fingerprint density at radius 3 is 2.57 bits per heavy atom. The number of aromatic nitrogens is 1. The van der Waals surface area contributed by atoms with Gasteiger partial charge in [0.05, 0.1) is 6.10 Å². The predicted octanol–water partition coefficient (Wildman–Crippen LogP) is 5.40. The summed E-state index contributed by atoms with van der Waals surface area (Å²) in [4.78, 5) is 34.1. The maximum absolute atomic E-state index is 13.7. The molecular formula is C36H49N5O3. The zero-order valence-corrected chi connectivity index (χ0v) is 27.1. The van der Waals surface area contributed by atoms with E-state index in [0.717, 1.165) is 92.2 Å². The summed E-state index contributed by atoms with van der Waals surface area (Å²) in [5, 5.41) is 6.80. The third kappa shape index (κ3) is 7.97. The Morgan fingerprint density at radius 1 is 1.02 bits per heavy atom. The van der Waals surface area contributed by atoms with E-state index in [4.69, 9.17) is 4.74 Å². The van der Waals surface area contributed by atoms with Gasteiger partial charge in [-0.3, -0.25) is 14.5 Å². The molecule has 2 aliphatic rings. The second-order valence-electron chi connectivity index (χ2n) is 12.7. The van der Waals surface area contributed by atoms with Crippen LogP contribution in [0.15, 0.2) is 47.3 Å². The van der Waals surface area contributed by atoms with E-state index in [1.54, 1.807) is 0 Å². The number of carbonyl (C=O) groups is 1. The van der Waals surface area contributed by atoms with Gasteiger partial charge >= 0.3 is 0 Å². The number of nitrogens with zero attached hydrogens (tertiary/aromatic N) is 2. The number of amides is 1. The van der Waals surface area contributed by atoms with Crippen molar-refractivity contribution in [3.05, 3.63) is 86.3 Å². The minimum Gasteiger partial charge on any atom is -0.382 e. The molecule has 0 radical (unpaired) electrons. The molecular weight excluding hydrogens is 550 g/mol. The van der Waals surface area contributed by atoms with Gasteiger partial charge < -0.3 is 25.3 Å². The maximum Gasteiger partial charge on any atom is 0.253 e. The molecule has 2 atom stereocenters. The van der Waals surface area contributed by atoms with Crippen molar-refractivity contribution in [2.75, 3.05) is 45.2 Å². The van der Waals surface area contributed by atoms with Crippen LogP contribution in [-0.2, 0) is 17.8 Å². The lowest BCUT2D eigenvalue weighted by atomic mass is 9.95. The Labute approximate surface area is 262 Å². The number of benzene rings is 2. The zero-order valence-electron chi connectivity index (χ0n) is 27.1. The lowest BCUT2D eigenvalue weighted by molar-refractivity contribution is 0.00924. The minimum absolute atomic E-state index is 0.159. The summed E-state index contributed by atoms with van der Waals surface area (Å²) in [6, 6.07) is 15.2. The monoisotopic (exact) mass is 599 g/mol. The molecule has 3 heterocycles. The third-order valence-electron chi connectivity index (χ3n) is 9.26. The van der Waals surface area contributed by atoms with Crippen LogP contribution in [0.3, 0.4) is 0 Å². The molecule has 44 heavy (non-hydrogen) atoms. The van der Waals surface area contributed by atoms with Crippen LogP contribution in [0.5, 0.6) is 0 Å². The first kappa shape index (κ1) is 31.9. The highest BCUT2D eigenvalue weighted by atomic mass is 16.5. The molecule has 2 aromatic carbocycles. The predicted molar refractivity (Wildman–Crippen MR) is 178 cm³/mol. The Hall–Kier alpha value is -3.46. The summed E-state index contributed by atoms with van der Waals surface area (Å²) in [5.41, 5.74) is 7.96. The van der Waals surface area contributed by atoms with Crippen molar-refractivity contribution in [2.24, 2.45) is 0 Å². The molecule has 5 rings (SSSR count). The Balaban J connectivity index is 1.40. The fourth-order valence-corrected chi connectivity index (χ4v) is 6.47. The molecule has 2 fully saturated rings. The molecule has 1 aromatic heterocycles. The molecule has 8 heteroatoms. The molecule has 2 aliphatic heterocycles. The lowest BCUT2D eigenvalue weighted by Gasteiger charge is -2.31. The van der Waals surface area contributed by atoms with Crippen molar-refractivity contribution >= 4 is 11.6 Å². The largest absolute Gasteiger partial charge is 0.382 e. The molecule has 3 N–H and O–H groups in total. The van der Waals surface area contributed by atoms with E-state index in [1.165, 1.54) is 12.0 Å². The molecule has 0 spiro atoms. The van der Waals surface area contributed by atoms with Crippen molar-refractivity contribution in [1.82, 2.24) is 20.1 Å². The quantitative estimate of drug-likeness (QED) is 0.305. The van der Waals surface area contributed by atoms with Crippen LogP contribution < -0.4 is 16.2 Å². The van der Waals surface area contributed by atoms with Crippen LogP contribution in [0.25, 0.3) is 11.1 Å². The second kappa shape index (κ2) is 14.5. The van der Waals surface area contributed by atoms with Crippen LogP contribution in [0.4, 0.5) is 5.69 Å². The van der Waals surface area contributed by atoms with E-state index in [0.29, 0.717) is 11.1 Å². The van der Waals surface area contributed by atoms with E-state index < -0.39 is 0 Å². The number of likely N-dealkylation sites (N-methyl/N-ethyl adjacent to an activating group) is 1. The number of nitrogens with one attached hydrogen (secondary N) is 3. The lowest BCUT2D eigenvalue weighted by Crippen LogP contribution is -2.34. The summed E-state index contributed by atoms with van der Waals surface area (Å²) in [5.74, 6) is -0.187. The van der Waals surface area contributed by atoms with Crippen LogP contribution in [0.2, 0.25) is 0 Å². The van der Waals surface area contributed by atoms with Gasteiger partial charge in [0.25, 0.3) is 11.5 Å². The first-order chi connectivity index (χ1) is 21.2. The molecule has 0 saturated carbocycles. The van der Waals surface area contributed by atoms with Gasteiger partial charge in [-0.1, -0.05) is 31.2 Å². The summed E-state index contributed by atoms with van der Waals surface area (Å²) < 4.78 is 5.92. The van der Waals surface area contributed by atoms with Crippen molar-refractivity contribution in [3.8, 4) is 11.1 Å². The van der Waals surface area contributed by atoms with Gasteiger partial charge in [-0.25, -0.2) is 0 Å². The van der Waals surface area contributed by atoms with Gasteiger partial charge in [-0.05, 0) is 113 Å². The first-order valence-corrected chi connectivity index (χ1v) is 16.2. The SMILES string of the molecule is CCC1CC(Nc2cc(-c3ccc(CN4CCCN(C)CC4)cc3)cc(C(=O)NCc3c(C)cc(C)[nH]c3=O)c2C)CCO1. The van der Waals surface area contributed by atoms with Crippen molar-refractivity contribution in [1.29, 1.82) is 0 Å². The summed E-state index contributed by atoms with van der Waals surface area (Å²) in [7, 11) is 2.20. The Bertz CT molecular complexity index is 1500. The van der Waals surface area contributed by atoms with Crippen molar-refractivity contribution < 1.29 is 9.53 Å². The molecule has 236 valence electrons. The number of carbonyl (C=O) groups excluding carboxylic acids is 1. The first-order valence-electron chi connectivity index (χ1n) is 16.2. The van der Waals surface area contributed by atoms with E-state index in [1.807, 2.05) is 32.9 Å². The highest BCUT2D eigenvalue weighted by Crippen LogP contribution is 2.31. The summed E-state index contributed by atoms with van der Waals surface area (Å²) >= 11 is 0. The number of pyridine rings is 1. The number of hydrogen-bond donors (Lipinski definition) is 3. The smallest absolute Gasteiger partial charge is 0.253 e. The van der Waals surface area contributed by atoms with Gasteiger partial charge in [-0.2, -0.15) is 0 Å². The number of aryl methyl sites for hydroxylation is 2. The van der Waals surface area contributed by atoms with Gasteiger partial charge in [0, 0.05) is 61.3 Å². The van der Waals surface area contributed by atoms with Gasteiger partial charge in [-0.15, -0.1) is 0 Å². The molecule has 2 unspecified atom stereocenters. The average Bonchev–Trinajstić information content (AvgIpc) is 3.21. The molecule has 8 nitrogen and oxygen atoms in total. The third-order valence-corrected chi connectivity index (χ3v) is 9.26. The second-order valence-corrected chi connectivity index (χ2v) is 12.7. The number of anilines is 1. The average molecular weight is 600 g/mol. The van der Waals surface area contributed by atoms with E-state index in [-0.39, 0.29) is 30.2 Å². The van der Waals surface area contributed by atoms with Crippen LogP contribution in [0.1, 0.15) is 70.9 Å². The van der Waals surface area contributed by atoms with Gasteiger partial charge in [0.15, 0.2) is 0 Å². The Morgan fingerprint density at radius 2 is 1.82 bits per heavy atom. The molecule has 0 aliphatic carbocycles. The van der Waals surface area contributed by atoms with E-state index >= 15 is 0 Å². The van der Waals surface area contributed by atoms with Crippen LogP contribution in [-0.4, -0.2) is 72.7 Å². The van der Waals surface area contributed by atoms with Crippen LogP contribution >= 0.6 is 0 Å². The fourth-order valence-electron chi connectivity index (χ4n) is 6.47. The molecule has 3 aromatic rings. The van der Waals surface area contributed by atoms with Gasteiger partial charge in [0.2, 0.25) is 0 Å². The fraction of sp³-hybridized carbons (Fsp3) is 0.500. The normalized spacial score (nSPS) is 19.8. The number of ether oxygens (including phenoxy) is 1. The van der Waals surface area contributed by atoms with Crippen molar-refractivity contribution in [3.63, 3.8) is 0 Å². The standard InChI is InChI=1S/C36H49N5O3/c1-6-31-21-30(12-17-44-31)39-34-20-29(28-10-8-27(9-11-28)23-41-14-7-13-40(5)15-16-41)19-32(26(34)4)35(42)37-22-33-24(2)18-25(3)38-36(33)43/h8-11,18-20,30-31,39H,6-7,12-17,21-23H2,1-5H3,(H,37,42)(H,38,43). The maximum atomic E-state index is 13.7. The molecule has 2 saturated heterocycles. The van der Waals surface area contributed by atoms with Gasteiger partial charge in [0.1, 0.15) is 0 Å². The zero-order chi connectivity index (χ0) is 31.2. The van der Waals surface area contributed by atoms with Crippen LogP contribution in [0, 0.1) is 20.8 Å². The number of rotatable bonds is 9. The number of H-pyrrole nitrogens is 1. The number of hydrogen-bond acceptors (Lipinski definition) is 6. The highest BCUT2D eigenvalue weighted by Gasteiger charge is 2.23. The summed E-state index contributed by atoms with van der Waals surface area (Å²) in [6.45, 7) is 14.3. The number of aromatic amines is 1. The van der Waals surface area contributed by atoms with Crippen molar-refractivity contribution in [2.45, 2.75) is 78.6 Å². The summed E-state index contributed by atoms with van der Waals surface area (Å²) in [6.07, 6.45) is 4.31. The highest BCUT2D eigenvalue weighted by molar-refractivity contribution is 5.98. The minimum atomic E-state index is -0.187. The molecule has 0 bridgehead atoms. The Kier molecular flexibility index (Phi) is 10.6. The van der Waals surface area contributed by atoms with E-state index in [2.05, 4.69) is 69.7 Å². The topological polar surface area (TPSA) is 89.7 Å². The molecule has 1 amide bonds.